The quantitative estimate of drug-likeness (QED) is 0.896. The number of carbonyl (C=O) groups is 1. The van der Waals surface area contributed by atoms with Crippen LogP contribution in [-0.2, 0) is 9.63 Å². The number of anilines is 1. The summed E-state index contributed by atoms with van der Waals surface area (Å²) in [5, 5.41) is 6.75. The van der Waals surface area contributed by atoms with Crippen molar-refractivity contribution in [1.82, 2.24) is 4.98 Å². The third-order valence-corrected chi connectivity index (χ3v) is 4.41. The Morgan fingerprint density at radius 2 is 2.39 bits per heavy atom. The van der Waals surface area contributed by atoms with Crippen molar-refractivity contribution in [2.75, 3.05) is 11.9 Å². The van der Waals surface area contributed by atoms with E-state index >= 15 is 0 Å². The normalized spacial score (nSPS) is 16.6. The van der Waals surface area contributed by atoms with Gasteiger partial charge in [0.25, 0.3) is 5.91 Å². The first-order valence-electron chi connectivity index (χ1n) is 7.04. The van der Waals surface area contributed by atoms with Crippen molar-refractivity contribution >= 4 is 40.2 Å². The molecule has 1 N–H and O–H groups in total. The molecule has 2 aromatic heterocycles. The van der Waals surface area contributed by atoms with E-state index in [1.165, 1.54) is 11.3 Å². The van der Waals surface area contributed by atoms with Gasteiger partial charge in [-0.15, -0.1) is 11.3 Å². The Morgan fingerprint density at radius 3 is 3.13 bits per heavy atom. The van der Waals surface area contributed by atoms with Crippen LogP contribution < -0.4 is 10.1 Å². The van der Waals surface area contributed by atoms with Crippen molar-refractivity contribution in [1.29, 1.82) is 0 Å². The summed E-state index contributed by atoms with van der Waals surface area (Å²) in [6.45, 7) is 2.32. The molecule has 8 heteroatoms. The lowest BCUT2D eigenvalue weighted by Crippen LogP contribution is -2.28. The van der Waals surface area contributed by atoms with E-state index < -0.39 is 6.10 Å². The van der Waals surface area contributed by atoms with Gasteiger partial charge in [-0.25, -0.2) is 4.98 Å². The average Bonchev–Trinajstić information content (AvgIpc) is 3.18. The van der Waals surface area contributed by atoms with Crippen molar-refractivity contribution in [3.63, 3.8) is 0 Å². The zero-order valence-corrected chi connectivity index (χ0v) is 13.9. The second-order valence-electron chi connectivity index (χ2n) is 4.72. The van der Waals surface area contributed by atoms with Gasteiger partial charge in [0, 0.05) is 12.6 Å². The van der Waals surface area contributed by atoms with Gasteiger partial charge in [-0.1, -0.05) is 16.8 Å². The van der Waals surface area contributed by atoms with Crippen molar-refractivity contribution in [2.24, 2.45) is 5.16 Å². The predicted octanol–water partition coefficient (Wildman–Crippen LogP) is 3.33. The van der Waals surface area contributed by atoms with E-state index in [0.29, 0.717) is 28.9 Å². The molecule has 1 aliphatic rings. The van der Waals surface area contributed by atoms with Crippen LogP contribution in [0.5, 0.6) is 5.88 Å². The lowest BCUT2D eigenvalue weighted by Gasteiger charge is -2.12. The van der Waals surface area contributed by atoms with Gasteiger partial charge in [-0.3, -0.25) is 4.79 Å². The van der Waals surface area contributed by atoms with E-state index in [1.807, 2.05) is 13.0 Å². The van der Waals surface area contributed by atoms with Crippen LogP contribution in [0.4, 0.5) is 5.69 Å². The molecule has 1 unspecified atom stereocenters. The van der Waals surface area contributed by atoms with E-state index in [9.17, 15) is 4.79 Å². The highest BCUT2D eigenvalue weighted by Gasteiger charge is 2.30. The molecule has 0 aromatic carbocycles. The maximum absolute atomic E-state index is 12.3. The van der Waals surface area contributed by atoms with Crippen molar-refractivity contribution < 1.29 is 14.4 Å². The standard InChI is InChI=1S/C15H14ClN3O3S/c1-2-21-15-9(4-3-7-17-15)18-14(20)11-8-10(19-22-11)12-5-6-13(16)23-12/h3-7,11H,2,8H2,1H3,(H,18,20). The maximum Gasteiger partial charge on any atom is 0.268 e. The number of hydrogen-bond donors (Lipinski definition) is 1. The molecule has 23 heavy (non-hydrogen) atoms. The molecule has 6 nitrogen and oxygen atoms in total. The van der Waals surface area contributed by atoms with Crippen LogP contribution in [0.25, 0.3) is 0 Å². The SMILES string of the molecule is CCOc1ncccc1NC(=O)C1CC(c2ccc(Cl)s2)=NO1. The van der Waals surface area contributed by atoms with Gasteiger partial charge in [0.05, 0.1) is 15.8 Å². The van der Waals surface area contributed by atoms with Crippen molar-refractivity contribution in [2.45, 2.75) is 19.4 Å². The molecule has 1 amide bonds. The van der Waals surface area contributed by atoms with Gasteiger partial charge >= 0.3 is 0 Å². The first kappa shape index (κ1) is 15.8. The van der Waals surface area contributed by atoms with Crippen LogP contribution in [0, 0.1) is 0 Å². The van der Waals surface area contributed by atoms with Crippen LogP contribution in [0.1, 0.15) is 18.2 Å². The van der Waals surface area contributed by atoms with E-state index in [0.717, 1.165) is 10.6 Å². The Kier molecular flexibility index (Phi) is 4.78. The number of oxime groups is 1. The van der Waals surface area contributed by atoms with Gasteiger partial charge < -0.3 is 14.9 Å². The third-order valence-electron chi connectivity index (χ3n) is 3.13. The Hall–Kier alpha value is -2.12. The number of hydrogen-bond acceptors (Lipinski definition) is 6. The van der Waals surface area contributed by atoms with E-state index in [2.05, 4.69) is 15.5 Å². The Labute approximate surface area is 142 Å². The number of ether oxygens (including phenoxy) is 1. The largest absolute Gasteiger partial charge is 0.476 e. The summed E-state index contributed by atoms with van der Waals surface area (Å²) < 4.78 is 6.06. The number of rotatable bonds is 5. The fourth-order valence-corrected chi connectivity index (χ4v) is 3.12. The van der Waals surface area contributed by atoms with Gasteiger partial charge in [0.2, 0.25) is 12.0 Å². The van der Waals surface area contributed by atoms with Crippen LogP contribution in [0.2, 0.25) is 4.34 Å². The predicted molar refractivity (Wildman–Crippen MR) is 89.4 cm³/mol. The Morgan fingerprint density at radius 1 is 1.52 bits per heavy atom. The zero-order chi connectivity index (χ0) is 16.2. The van der Waals surface area contributed by atoms with Crippen LogP contribution in [0.3, 0.4) is 0 Å². The molecular formula is C15H14ClN3O3S. The van der Waals surface area contributed by atoms with Gasteiger partial charge in [0.1, 0.15) is 11.4 Å². The minimum Gasteiger partial charge on any atom is -0.476 e. The van der Waals surface area contributed by atoms with Crippen LogP contribution in [-0.4, -0.2) is 29.3 Å². The maximum atomic E-state index is 12.3. The summed E-state index contributed by atoms with van der Waals surface area (Å²) in [6.07, 6.45) is 1.32. The molecule has 0 bridgehead atoms. The van der Waals surface area contributed by atoms with Gasteiger partial charge in [-0.05, 0) is 31.2 Å². The average molecular weight is 352 g/mol. The minimum atomic E-state index is -0.680. The number of halogens is 1. The second kappa shape index (κ2) is 6.97. The molecule has 0 fully saturated rings. The number of nitrogens with one attached hydrogen (secondary N) is 1. The van der Waals surface area contributed by atoms with Gasteiger partial charge in [-0.2, -0.15) is 0 Å². The molecule has 0 saturated carbocycles. The summed E-state index contributed by atoms with van der Waals surface area (Å²) in [5.41, 5.74) is 1.23. The molecule has 3 heterocycles. The molecule has 0 spiro atoms. The number of nitrogens with zero attached hydrogens (tertiary/aromatic N) is 2. The molecular weight excluding hydrogens is 338 g/mol. The van der Waals surface area contributed by atoms with Gasteiger partial charge in [0.15, 0.2) is 0 Å². The highest BCUT2D eigenvalue weighted by Crippen LogP contribution is 2.27. The lowest BCUT2D eigenvalue weighted by molar-refractivity contribution is -0.125. The molecule has 120 valence electrons. The number of aromatic nitrogens is 1. The number of thiophene rings is 1. The number of amides is 1. The molecule has 2 aromatic rings. The highest BCUT2D eigenvalue weighted by atomic mass is 35.5. The molecule has 3 rings (SSSR count). The smallest absolute Gasteiger partial charge is 0.268 e. The molecule has 1 atom stereocenters. The van der Waals surface area contributed by atoms with E-state index in [1.54, 1.807) is 24.4 Å². The fraction of sp³-hybridized carbons (Fsp3) is 0.267. The molecule has 1 aliphatic heterocycles. The minimum absolute atomic E-state index is 0.291. The zero-order valence-electron chi connectivity index (χ0n) is 12.3. The van der Waals surface area contributed by atoms with Crippen LogP contribution in [0.15, 0.2) is 35.6 Å². The van der Waals surface area contributed by atoms with Crippen molar-refractivity contribution in [3.05, 3.63) is 39.7 Å². The first-order chi connectivity index (χ1) is 11.2. The summed E-state index contributed by atoms with van der Waals surface area (Å²) in [7, 11) is 0. The second-order valence-corrected chi connectivity index (χ2v) is 6.43. The van der Waals surface area contributed by atoms with E-state index in [-0.39, 0.29) is 5.91 Å². The monoisotopic (exact) mass is 351 g/mol. The summed E-state index contributed by atoms with van der Waals surface area (Å²) in [4.78, 5) is 22.6. The summed E-state index contributed by atoms with van der Waals surface area (Å²) in [6, 6.07) is 7.11. The Balaban J connectivity index is 1.64. The first-order valence-corrected chi connectivity index (χ1v) is 8.24. The summed E-state index contributed by atoms with van der Waals surface area (Å²) >= 11 is 7.32. The van der Waals surface area contributed by atoms with E-state index in [4.69, 9.17) is 21.2 Å². The van der Waals surface area contributed by atoms with Crippen LogP contribution >= 0.6 is 22.9 Å². The number of pyridine rings is 1. The molecule has 0 radical (unpaired) electrons. The molecule has 0 saturated heterocycles. The third kappa shape index (κ3) is 3.62. The van der Waals surface area contributed by atoms with Crippen molar-refractivity contribution in [3.8, 4) is 5.88 Å². The highest BCUT2D eigenvalue weighted by molar-refractivity contribution is 7.18. The number of carbonyl (C=O) groups excluding carboxylic acids is 1. The summed E-state index contributed by atoms with van der Waals surface area (Å²) in [5.74, 6) is 0.0906. The molecule has 0 aliphatic carbocycles. The topological polar surface area (TPSA) is 72.8 Å². The lowest BCUT2D eigenvalue weighted by atomic mass is 10.1. The Bertz CT molecular complexity index is 747. The fourth-order valence-electron chi connectivity index (χ4n) is 2.08.